The van der Waals surface area contributed by atoms with Crippen molar-refractivity contribution in [2.75, 3.05) is 46.4 Å². The van der Waals surface area contributed by atoms with Gasteiger partial charge in [-0.1, -0.05) is 12.1 Å². The van der Waals surface area contributed by atoms with E-state index in [2.05, 4.69) is 10.3 Å². The first-order valence-electron chi connectivity index (χ1n) is 9.33. The number of aliphatic imine (C=N–C) groups is 1. The average Bonchev–Trinajstić information content (AvgIpc) is 2.65. The van der Waals surface area contributed by atoms with Crippen molar-refractivity contribution in [3.8, 4) is 5.75 Å². The van der Waals surface area contributed by atoms with Crippen molar-refractivity contribution in [2.45, 2.75) is 32.5 Å². The van der Waals surface area contributed by atoms with Crippen molar-refractivity contribution >= 4 is 5.96 Å². The fraction of sp³-hybridized carbons (Fsp3) is 0.632. The quantitative estimate of drug-likeness (QED) is 0.603. The molecule has 1 N–H and O–H groups in total. The van der Waals surface area contributed by atoms with Crippen molar-refractivity contribution in [1.29, 1.82) is 0 Å². The lowest BCUT2D eigenvalue weighted by molar-refractivity contribution is -0.181. The Morgan fingerprint density at radius 1 is 1.26 bits per heavy atom. The summed E-state index contributed by atoms with van der Waals surface area (Å²) < 4.78 is 44.1. The maximum atomic E-state index is 12.9. The number of piperazine rings is 1. The first kappa shape index (κ1) is 21.3. The Morgan fingerprint density at radius 2 is 1.96 bits per heavy atom. The van der Waals surface area contributed by atoms with E-state index in [0.29, 0.717) is 39.3 Å². The van der Waals surface area contributed by atoms with Crippen molar-refractivity contribution < 1.29 is 17.9 Å². The molecule has 0 spiro atoms. The lowest BCUT2D eigenvalue weighted by atomic mass is 10.1. The molecule has 8 heteroatoms. The third-order valence-corrected chi connectivity index (χ3v) is 4.75. The number of nitrogens with zero attached hydrogens (tertiary/aromatic N) is 3. The zero-order valence-corrected chi connectivity index (χ0v) is 16.2. The smallest absolute Gasteiger partial charge is 0.403 e. The number of ether oxygens (including phenoxy) is 1. The van der Waals surface area contributed by atoms with Crippen LogP contribution in [0.15, 0.2) is 29.3 Å². The van der Waals surface area contributed by atoms with Crippen LogP contribution in [0.25, 0.3) is 0 Å². The lowest BCUT2D eigenvalue weighted by Gasteiger charge is -2.39. The van der Waals surface area contributed by atoms with Gasteiger partial charge in [0.05, 0.1) is 6.61 Å². The summed E-state index contributed by atoms with van der Waals surface area (Å²) in [6, 6.07) is 6.55. The van der Waals surface area contributed by atoms with Gasteiger partial charge in [-0.2, -0.15) is 13.2 Å². The van der Waals surface area contributed by atoms with Crippen LogP contribution in [0.1, 0.15) is 19.4 Å². The van der Waals surface area contributed by atoms with Crippen molar-refractivity contribution in [3.05, 3.63) is 29.8 Å². The molecule has 1 fully saturated rings. The van der Waals surface area contributed by atoms with Crippen LogP contribution in [0.2, 0.25) is 0 Å². The molecule has 1 aromatic carbocycles. The summed E-state index contributed by atoms with van der Waals surface area (Å²) in [5.74, 6) is 1.59. The molecule has 1 heterocycles. The number of alkyl halides is 3. The first-order chi connectivity index (χ1) is 12.8. The molecular formula is C19H29F3N4O. The second-order valence-corrected chi connectivity index (χ2v) is 6.55. The number of hydrogen-bond donors (Lipinski definition) is 1. The van der Waals surface area contributed by atoms with Crippen molar-refractivity contribution in [3.63, 3.8) is 0 Å². The van der Waals surface area contributed by atoms with E-state index in [0.717, 1.165) is 23.7 Å². The van der Waals surface area contributed by atoms with E-state index in [9.17, 15) is 13.2 Å². The molecule has 27 heavy (non-hydrogen) atoms. The van der Waals surface area contributed by atoms with Gasteiger partial charge < -0.3 is 15.0 Å². The molecule has 152 valence electrons. The Labute approximate surface area is 159 Å². The summed E-state index contributed by atoms with van der Waals surface area (Å²) in [7, 11) is 1.70. The molecule has 0 saturated carbocycles. The lowest BCUT2D eigenvalue weighted by Crippen LogP contribution is -2.56. The second kappa shape index (κ2) is 9.82. The summed E-state index contributed by atoms with van der Waals surface area (Å²) >= 11 is 0. The van der Waals surface area contributed by atoms with Crippen LogP contribution in [0.5, 0.6) is 5.75 Å². The summed E-state index contributed by atoms with van der Waals surface area (Å²) in [5, 5.41) is 3.31. The Morgan fingerprint density at radius 3 is 2.56 bits per heavy atom. The minimum atomic E-state index is -4.18. The summed E-state index contributed by atoms with van der Waals surface area (Å²) in [5.41, 5.74) is 1.16. The standard InChI is InChI=1S/C19H29F3N4O/c1-4-27-17-7-5-6-16(14-17)8-9-24-18(23-3)26-12-10-25(11-13-26)15(2)19(20,21)22/h5-7,14-15H,4,8-13H2,1-3H3,(H,23,24). The Hall–Kier alpha value is -1.96. The number of nitrogens with one attached hydrogen (secondary N) is 1. The van der Waals surface area contributed by atoms with Crippen LogP contribution < -0.4 is 10.1 Å². The van der Waals surface area contributed by atoms with E-state index >= 15 is 0 Å². The molecule has 1 aromatic rings. The van der Waals surface area contributed by atoms with Gasteiger partial charge >= 0.3 is 6.18 Å². The maximum Gasteiger partial charge on any atom is 0.403 e. The molecule has 0 bridgehead atoms. The zero-order valence-electron chi connectivity index (χ0n) is 16.2. The molecule has 0 aromatic heterocycles. The van der Waals surface area contributed by atoms with E-state index in [1.807, 2.05) is 36.1 Å². The summed E-state index contributed by atoms with van der Waals surface area (Å²) in [4.78, 5) is 7.76. The fourth-order valence-electron chi connectivity index (χ4n) is 3.14. The Bertz CT molecular complexity index is 613. The van der Waals surface area contributed by atoms with Crippen LogP contribution in [-0.2, 0) is 6.42 Å². The molecule has 1 atom stereocenters. The first-order valence-corrected chi connectivity index (χ1v) is 9.33. The average molecular weight is 386 g/mol. The summed E-state index contributed by atoms with van der Waals surface area (Å²) in [6.07, 6.45) is -3.37. The third kappa shape index (κ3) is 6.30. The minimum Gasteiger partial charge on any atom is -0.494 e. The van der Waals surface area contributed by atoms with E-state index < -0.39 is 12.2 Å². The van der Waals surface area contributed by atoms with Gasteiger partial charge in [-0.3, -0.25) is 9.89 Å². The Kier molecular flexibility index (Phi) is 7.77. The van der Waals surface area contributed by atoms with Gasteiger partial charge in [-0.05, 0) is 38.0 Å². The largest absolute Gasteiger partial charge is 0.494 e. The fourth-order valence-corrected chi connectivity index (χ4v) is 3.14. The topological polar surface area (TPSA) is 40.1 Å². The molecule has 0 amide bonds. The Balaban J connectivity index is 1.80. The summed E-state index contributed by atoms with van der Waals surface area (Å²) in [6.45, 7) is 6.30. The molecule has 0 radical (unpaired) electrons. The molecule has 1 saturated heterocycles. The molecule has 5 nitrogen and oxygen atoms in total. The highest BCUT2D eigenvalue weighted by Gasteiger charge is 2.41. The van der Waals surface area contributed by atoms with Gasteiger partial charge in [-0.15, -0.1) is 0 Å². The molecule has 2 rings (SSSR count). The van der Waals surface area contributed by atoms with E-state index in [4.69, 9.17) is 4.74 Å². The van der Waals surface area contributed by atoms with Crippen molar-refractivity contribution in [1.82, 2.24) is 15.1 Å². The van der Waals surface area contributed by atoms with Crippen LogP contribution in [0, 0.1) is 0 Å². The highest BCUT2D eigenvalue weighted by atomic mass is 19.4. The van der Waals surface area contributed by atoms with Crippen LogP contribution in [0.3, 0.4) is 0 Å². The number of hydrogen-bond acceptors (Lipinski definition) is 3. The van der Waals surface area contributed by atoms with Gasteiger partial charge in [0.15, 0.2) is 5.96 Å². The van der Waals surface area contributed by atoms with Gasteiger partial charge in [0.2, 0.25) is 0 Å². The second-order valence-electron chi connectivity index (χ2n) is 6.55. The molecule has 1 unspecified atom stereocenters. The predicted octanol–water partition coefficient (Wildman–Crippen LogP) is 2.77. The van der Waals surface area contributed by atoms with Gasteiger partial charge in [-0.25, -0.2) is 0 Å². The number of guanidine groups is 1. The van der Waals surface area contributed by atoms with Crippen LogP contribution in [-0.4, -0.2) is 74.4 Å². The number of rotatable bonds is 6. The normalized spacial score (nSPS) is 17.7. The third-order valence-electron chi connectivity index (χ3n) is 4.75. The number of halogens is 3. The zero-order chi connectivity index (χ0) is 19.9. The van der Waals surface area contributed by atoms with Crippen molar-refractivity contribution in [2.24, 2.45) is 4.99 Å². The SMILES string of the molecule is CCOc1cccc(CCNC(=NC)N2CCN(C(C)C(F)(F)F)CC2)c1. The van der Waals surface area contributed by atoms with Gasteiger partial charge in [0, 0.05) is 39.8 Å². The molecule has 0 aliphatic carbocycles. The maximum absolute atomic E-state index is 12.9. The van der Waals surface area contributed by atoms with E-state index in [1.165, 1.54) is 11.8 Å². The predicted molar refractivity (Wildman–Crippen MR) is 101 cm³/mol. The molecule has 1 aliphatic rings. The van der Waals surface area contributed by atoms with Gasteiger partial charge in [0.25, 0.3) is 0 Å². The van der Waals surface area contributed by atoms with Crippen LogP contribution >= 0.6 is 0 Å². The number of benzene rings is 1. The minimum absolute atomic E-state index is 0.373. The van der Waals surface area contributed by atoms with Crippen LogP contribution in [0.4, 0.5) is 13.2 Å². The van der Waals surface area contributed by atoms with E-state index in [-0.39, 0.29) is 0 Å². The molecular weight excluding hydrogens is 357 g/mol. The highest BCUT2D eigenvalue weighted by Crippen LogP contribution is 2.25. The monoisotopic (exact) mass is 386 g/mol. The van der Waals surface area contributed by atoms with Gasteiger partial charge in [0.1, 0.15) is 11.8 Å². The highest BCUT2D eigenvalue weighted by molar-refractivity contribution is 5.80. The molecule has 1 aliphatic heterocycles. The van der Waals surface area contributed by atoms with E-state index in [1.54, 1.807) is 7.05 Å².